The molecule has 1 amide bonds. The number of halogens is 1. The second-order valence-electron chi connectivity index (χ2n) is 7.05. The number of carboxylic acids is 1. The number of methoxy groups -OCH3 is 1. The Labute approximate surface area is 199 Å². The number of rotatable bonds is 7. The smallest absolute Gasteiger partial charge is 0.341 e. The lowest BCUT2D eigenvalue weighted by Gasteiger charge is -2.31. The van der Waals surface area contributed by atoms with E-state index in [1.165, 1.54) is 7.11 Å². The van der Waals surface area contributed by atoms with Crippen LogP contribution in [0.25, 0.3) is 0 Å². The van der Waals surface area contributed by atoms with E-state index in [-0.39, 0.29) is 11.7 Å². The third kappa shape index (κ3) is 5.20. The first kappa shape index (κ1) is 23.6. The summed E-state index contributed by atoms with van der Waals surface area (Å²) >= 11 is 8.83. The maximum Gasteiger partial charge on any atom is 0.341 e. The number of carbonyl (C=O) groups is 2. The summed E-state index contributed by atoms with van der Waals surface area (Å²) in [5.41, 5.74) is 3.37. The van der Waals surface area contributed by atoms with Crippen molar-refractivity contribution in [2.24, 2.45) is 0 Å². The van der Waals surface area contributed by atoms with E-state index < -0.39 is 18.6 Å². The zero-order valence-corrected chi connectivity index (χ0v) is 20.0. The minimum atomic E-state index is -1.11. The summed E-state index contributed by atoms with van der Waals surface area (Å²) in [7, 11) is 1.45. The molecule has 8 nitrogen and oxygen atoms in total. The van der Waals surface area contributed by atoms with Crippen molar-refractivity contribution in [3.63, 3.8) is 0 Å². The van der Waals surface area contributed by atoms with Gasteiger partial charge in [-0.05, 0) is 55.4 Å². The summed E-state index contributed by atoms with van der Waals surface area (Å²) in [4.78, 5) is 24.2. The Morgan fingerprint density at radius 1 is 1.22 bits per heavy atom. The van der Waals surface area contributed by atoms with E-state index in [4.69, 9.17) is 26.8 Å². The van der Waals surface area contributed by atoms with E-state index in [0.717, 1.165) is 5.56 Å². The third-order valence-electron chi connectivity index (χ3n) is 4.85. The molecule has 0 unspecified atom stereocenters. The lowest BCUT2D eigenvalue weighted by molar-refractivity contribution is -0.139. The van der Waals surface area contributed by atoms with Crippen LogP contribution in [-0.4, -0.2) is 35.8 Å². The standard InChI is InChI=1S/C22H22BrN3O5S/c1-11-6-4-5-7-15(11)25-21(29)19-12(2)24-22(32)26-20(19)13-8-16(30-3)17(9-14(13)23)31-10-18(27)28/h4-9,20H,10H2,1-3H3,(H,25,29)(H,27,28)(H2,24,26,32)/t20-/m1/s1. The van der Waals surface area contributed by atoms with Crippen LogP contribution in [0.15, 0.2) is 52.1 Å². The Bertz CT molecular complexity index is 1120. The quantitative estimate of drug-likeness (QED) is 0.410. The summed E-state index contributed by atoms with van der Waals surface area (Å²) < 4.78 is 11.3. The molecule has 0 fully saturated rings. The maximum atomic E-state index is 13.3. The lowest BCUT2D eigenvalue weighted by Crippen LogP contribution is -2.45. The molecule has 0 spiro atoms. The van der Waals surface area contributed by atoms with E-state index in [2.05, 4.69) is 31.9 Å². The number of anilines is 1. The molecule has 0 aromatic heterocycles. The van der Waals surface area contributed by atoms with Crippen molar-refractivity contribution in [2.75, 3.05) is 19.0 Å². The molecule has 1 aliphatic rings. The molecule has 0 radical (unpaired) electrons. The highest BCUT2D eigenvalue weighted by Crippen LogP contribution is 2.39. The molecular weight excluding hydrogens is 498 g/mol. The van der Waals surface area contributed by atoms with Gasteiger partial charge in [-0.25, -0.2) is 4.79 Å². The summed E-state index contributed by atoms with van der Waals surface area (Å²) in [6.07, 6.45) is 0. The number of benzene rings is 2. The van der Waals surface area contributed by atoms with Crippen LogP contribution in [0.5, 0.6) is 11.5 Å². The first-order valence-corrected chi connectivity index (χ1v) is 10.8. The molecule has 1 heterocycles. The maximum absolute atomic E-state index is 13.3. The van der Waals surface area contributed by atoms with E-state index in [9.17, 15) is 9.59 Å². The second-order valence-corrected chi connectivity index (χ2v) is 8.31. The fourth-order valence-electron chi connectivity index (χ4n) is 3.31. The third-order valence-corrected chi connectivity index (χ3v) is 5.76. The van der Waals surface area contributed by atoms with Crippen molar-refractivity contribution in [2.45, 2.75) is 19.9 Å². The van der Waals surface area contributed by atoms with Gasteiger partial charge in [0.2, 0.25) is 0 Å². The normalized spacial score (nSPS) is 15.5. The fourth-order valence-corrected chi connectivity index (χ4v) is 4.14. The number of allylic oxidation sites excluding steroid dienone is 1. The largest absolute Gasteiger partial charge is 0.493 e. The molecular formula is C22H22BrN3O5S. The summed E-state index contributed by atoms with van der Waals surface area (Å²) in [6.45, 7) is 3.18. The highest BCUT2D eigenvalue weighted by atomic mass is 79.9. The van der Waals surface area contributed by atoms with E-state index >= 15 is 0 Å². The average Bonchev–Trinajstić information content (AvgIpc) is 2.73. The molecule has 4 N–H and O–H groups in total. The number of carbonyl (C=O) groups excluding carboxylic acids is 1. The van der Waals surface area contributed by atoms with Crippen LogP contribution >= 0.6 is 28.1 Å². The number of aryl methyl sites for hydroxylation is 1. The highest BCUT2D eigenvalue weighted by Gasteiger charge is 2.32. The molecule has 0 aliphatic carbocycles. The first-order valence-electron chi connectivity index (χ1n) is 9.58. The minimum absolute atomic E-state index is 0.258. The molecule has 32 heavy (non-hydrogen) atoms. The zero-order chi connectivity index (χ0) is 23.4. The van der Waals surface area contributed by atoms with Gasteiger partial charge in [0, 0.05) is 15.9 Å². The average molecular weight is 520 g/mol. The molecule has 2 aromatic rings. The number of nitrogens with one attached hydrogen (secondary N) is 3. The van der Waals surface area contributed by atoms with Gasteiger partial charge in [-0.3, -0.25) is 4.79 Å². The molecule has 2 aromatic carbocycles. The second kappa shape index (κ2) is 10.0. The number of amides is 1. The molecule has 168 valence electrons. The van der Waals surface area contributed by atoms with Crippen molar-refractivity contribution in [1.82, 2.24) is 10.6 Å². The van der Waals surface area contributed by atoms with Gasteiger partial charge in [0.15, 0.2) is 23.2 Å². The van der Waals surface area contributed by atoms with Crippen LogP contribution in [0.4, 0.5) is 5.69 Å². The predicted molar refractivity (Wildman–Crippen MR) is 128 cm³/mol. The molecule has 3 rings (SSSR count). The van der Waals surface area contributed by atoms with Crippen molar-refractivity contribution >= 4 is 50.8 Å². The van der Waals surface area contributed by atoms with Gasteiger partial charge >= 0.3 is 5.97 Å². The number of ether oxygens (including phenoxy) is 2. The minimum Gasteiger partial charge on any atom is -0.493 e. The predicted octanol–water partition coefficient (Wildman–Crippen LogP) is 3.66. The van der Waals surface area contributed by atoms with Crippen LogP contribution in [0.2, 0.25) is 0 Å². The van der Waals surface area contributed by atoms with Gasteiger partial charge in [-0.2, -0.15) is 0 Å². The monoisotopic (exact) mass is 519 g/mol. The van der Waals surface area contributed by atoms with E-state index in [1.54, 1.807) is 19.1 Å². The zero-order valence-electron chi connectivity index (χ0n) is 17.6. The summed E-state index contributed by atoms with van der Waals surface area (Å²) in [6, 6.07) is 10.2. The van der Waals surface area contributed by atoms with Crippen molar-refractivity contribution in [3.8, 4) is 11.5 Å². The molecule has 1 aliphatic heterocycles. The Morgan fingerprint density at radius 2 is 1.94 bits per heavy atom. The Balaban J connectivity index is 2.01. The molecule has 0 bridgehead atoms. The molecule has 0 saturated carbocycles. The number of thiocarbonyl (C=S) groups is 1. The van der Waals surface area contributed by atoms with Gasteiger partial charge in [0.05, 0.1) is 18.7 Å². The van der Waals surface area contributed by atoms with Crippen molar-refractivity contribution in [3.05, 3.63) is 63.3 Å². The van der Waals surface area contributed by atoms with Crippen molar-refractivity contribution < 1.29 is 24.2 Å². The molecule has 0 saturated heterocycles. The first-order chi connectivity index (χ1) is 15.2. The number of aliphatic carboxylic acids is 1. The Kier molecular flexibility index (Phi) is 7.37. The van der Waals surface area contributed by atoms with Crippen LogP contribution < -0.4 is 25.4 Å². The Morgan fingerprint density at radius 3 is 2.59 bits per heavy atom. The molecule has 10 heteroatoms. The number of hydrogen-bond donors (Lipinski definition) is 4. The SMILES string of the molecule is COc1cc([C@H]2NC(=S)NC(C)=C2C(=O)Nc2ccccc2C)c(Br)cc1OCC(=O)O. The number of para-hydroxylation sites is 1. The van der Waals surface area contributed by atoms with Crippen molar-refractivity contribution in [1.29, 1.82) is 0 Å². The number of carboxylic acid groups (broad SMARTS) is 1. The Hall–Kier alpha value is -3.11. The van der Waals surface area contributed by atoms with Gasteiger partial charge in [-0.15, -0.1) is 0 Å². The van der Waals surface area contributed by atoms with Crippen LogP contribution in [0.1, 0.15) is 24.1 Å². The van der Waals surface area contributed by atoms with E-state index in [1.807, 2.05) is 31.2 Å². The summed E-state index contributed by atoms with van der Waals surface area (Å²) in [5.74, 6) is -0.812. The lowest BCUT2D eigenvalue weighted by atomic mass is 9.94. The molecule has 1 atom stereocenters. The van der Waals surface area contributed by atoms with Gasteiger partial charge in [0.25, 0.3) is 5.91 Å². The topological polar surface area (TPSA) is 109 Å². The highest BCUT2D eigenvalue weighted by molar-refractivity contribution is 9.10. The number of hydrogen-bond acceptors (Lipinski definition) is 5. The fraction of sp³-hybridized carbons (Fsp3) is 0.227. The van der Waals surface area contributed by atoms with Gasteiger partial charge in [-0.1, -0.05) is 34.1 Å². The van der Waals surface area contributed by atoms with E-state index in [0.29, 0.717) is 37.9 Å². The van der Waals surface area contributed by atoms with Crippen LogP contribution in [0, 0.1) is 6.92 Å². The summed E-state index contributed by atoms with van der Waals surface area (Å²) in [5, 5.41) is 18.4. The van der Waals surface area contributed by atoms with Gasteiger partial charge < -0.3 is 30.5 Å². The van der Waals surface area contributed by atoms with Crippen LogP contribution in [0.3, 0.4) is 0 Å². The van der Waals surface area contributed by atoms with Crippen LogP contribution in [-0.2, 0) is 9.59 Å². The van der Waals surface area contributed by atoms with Gasteiger partial charge in [0.1, 0.15) is 0 Å².